The molecular weight excluding hydrogens is 344 g/mol. The van der Waals surface area contributed by atoms with Crippen LogP contribution in [-0.4, -0.2) is 28.5 Å². The van der Waals surface area contributed by atoms with E-state index >= 15 is 0 Å². The number of aromatic nitrogens is 1. The topological polar surface area (TPSA) is 42.3 Å². The Kier molecular flexibility index (Phi) is 4.62. The van der Waals surface area contributed by atoms with Crippen molar-refractivity contribution in [3.05, 3.63) is 45.2 Å². The minimum absolute atomic E-state index is 0.0187. The lowest BCUT2D eigenvalue weighted by Gasteiger charge is -2.21. The zero-order valence-electron chi connectivity index (χ0n) is 12.4. The van der Waals surface area contributed by atoms with Gasteiger partial charge in [-0.2, -0.15) is 0 Å². The Morgan fingerprint density at radius 1 is 1.09 bits per heavy atom. The first kappa shape index (κ1) is 15.3. The Morgan fingerprint density at radius 2 is 1.82 bits per heavy atom. The van der Waals surface area contributed by atoms with Crippen LogP contribution in [0.3, 0.4) is 0 Å². The van der Waals surface area contributed by atoms with E-state index in [0.29, 0.717) is 11.9 Å². The van der Waals surface area contributed by atoms with Gasteiger partial charge in [-0.25, -0.2) is 0 Å². The lowest BCUT2D eigenvalue weighted by molar-refractivity contribution is -0.131. The number of pyridine rings is 1. The van der Waals surface area contributed by atoms with Crippen molar-refractivity contribution in [1.29, 1.82) is 0 Å². The van der Waals surface area contributed by atoms with Gasteiger partial charge >= 0.3 is 0 Å². The van der Waals surface area contributed by atoms with Crippen molar-refractivity contribution >= 4 is 32.7 Å². The van der Waals surface area contributed by atoms with Gasteiger partial charge in [-0.3, -0.25) is 9.59 Å². The van der Waals surface area contributed by atoms with Crippen molar-refractivity contribution in [3.8, 4) is 0 Å². The molecule has 1 amide bonds. The Balaban J connectivity index is 1.89. The van der Waals surface area contributed by atoms with Gasteiger partial charge in [-0.05, 0) is 31.0 Å². The minimum atomic E-state index is -0.0187. The number of carbonyl (C=O) groups is 1. The van der Waals surface area contributed by atoms with Crippen molar-refractivity contribution < 1.29 is 4.79 Å². The van der Waals surface area contributed by atoms with Crippen LogP contribution in [-0.2, 0) is 11.3 Å². The number of halogens is 1. The normalized spacial score (nSPS) is 15.8. The number of nitrogens with zero attached hydrogens (tertiary/aromatic N) is 2. The predicted octanol–water partition coefficient (Wildman–Crippen LogP) is 3.17. The smallest absolute Gasteiger partial charge is 0.242 e. The summed E-state index contributed by atoms with van der Waals surface area (Å²) in [5, 5.41) is 0.639. The summed E-state index contributed by atoms with van der Waals surface area (Å²) in [6.07, 6.45) is 6.30. The molecule has 1 aliphatic rings. The molecule has 1 aromatic carbocycles. The van der Waals surface area contributed by atoms with E-state index in [1.807, 2.05) is 27.7 Å². The van der Waals surface area contributed by atoms with Crippen LogP contribution < -0.4 is 5.43 Å². The molecule has 1 saturated heterocycles. The number of fused-ring (bicyclic) bond motifs is 1. The standard InChI is InChI=1S/C17H19BrN2O2/c18-13-5-6-15-14(11-13)16(21)7-10-20(15)12-17(22)19-8-3-1-2-4-9-19/h5-7,10-11H,1-4,8-9,12H2. The summed E-state index contributed by atoms with van der Waals surface area (Å²) in [6, 6.07) is 7.13. The highest BCUT2D eigenvalue weighted by molar-refractivity contribution is 9.10. The number of benzene rings is 1. The van der Waals surface area contributed by atoms with Gasteiger partial charge in [-0.15, -0.1) is 0 Å². The summed E-state index contributed by atoms with van der Waals surface area (Å²) in [5.74, 6) is 0.134. The van der Waals surface area contributed by atoms with E-state index in [-0.39, 0.29) is 11.3 Å². The molecule has 5 heteroatoms. The molecule has 2 aromatic rings. The number of carbonyl (C=O) groups excluding carboxylic acids is 1. The average Bonchev–Trinajstić information content (AvgIpc) is 2.79. The summed E-state index contributed by atoms with van der Waals surface area (Å²) in [6.45, 7) is 1.99. The molecule has 0 N–H and O–H groups in total. The van der Waals surface area contributed by atoms with Gasteiger partial charge in [0.15, 0.2) is 5.43 Å². The number of hydrogen-bond acceptors (Lipinski definition) is 2. The summed E-state index contributed by atoms with van der Waals surface area (Å²) >= 11 is 3.39. The maximum absolute atomic E-state index is 12.5. The molecule has 3 rings (SSSR count). The number of amides is 1. The van der Waals surface area contributed by atoms with E-state index in [0.717, 1.165) is 35.9 Å². The van der Waals surface area contributed by atoms with E-state index in [2.05, 4.69) is 15.9 Å². The molecule has 0 spiro atoms. The van der Waals surface area contributed by atoms with Gasteiger partial charge in [0.2, 0.25) is 5.91 Å². The van der Waals surface area contributed by atoms with Crippen molar-refractivity contribution in [2.45, 2.75) is 32.2 Å². The van der Waals surface area contributed by atoms with Gasteiger partial charge in [0.1, 0.15) is 6.54 Å². The molecular formula is C17H19BrN2O2. The van der Waals surface area contributed by atoms with Crippen molar-refractivity contribution in [3.63, 3.8) is 0 Å². The largest absolute Gasteiger partial charge is 0.341 e. The lowest BCUT2D eigenvalue weighted by atomic mass is 10.2. The Bertz CT molecular complexity index is 746. The maximum atomic E-state index is 12.5. The van der Waals surface area contributed by atoms with Gasteiger partial charge in [0.05, 0.1) is 5.52 Å². The van der Waals surface area contributed by atoms with Gasteiger partial charge in [0, 0.05) is 35.2 Å². The second kappa shape index (κ2) is 6.65. The first-order chi connectivity index (χ1) is 10.6. The first-order valence-corrected chi connectivity index (χ1v) is 8.51. The zero-order chi connectivity index (χ0) is 15.5. The molecule has 2 heterocycles. The quantitative estimate of drug-likeness (QED) is 0.823. The number of rotatable bonds is 2. The van der Waals surface area contributed by atoms with Crippen molar-refractivity contribution in [2.24, 2.45) is 0 Å². The van der Waals surface area contributed by atoms with Gasteiger partial charge in [0.25, 0.3) is 0 Å². The Morgan fingerprint density at radius 3 is 2.55 bits per heavy atom. The minimum Gasteiger partial charge on any atom is -0.341 e. The van der Waals surface area contributed by atoms with Crippen LogP contribution in [0.25, 0.3) is 10.9 Å². The van der Waals surface area contributed by atoms with E-state index in [9.17, 15) is 9.59 Å². The second-order valence-corrected chi connectivity index (χ2v) is 6.68. The predicted molar refractivity (Wildman–Crippen MR) is 91.0 cm³/mol. The highest BCUT2D eigenvalue weighted by Gasteiger charge is 2.16. The highest BCUT2D eigenvalue weighted by atomic mass is 79.9. The third-order valence-corrected chi connectivity index (χ3v) is 4.70. The molecule has 0 saturated carbocycles. The Hall–Kier alpha value is -1.62. The van der Waals surface area contributed by atoms with Gasteiger partial charge < -0.3 is 9.47 Å². The third-order valence-electron chi connectivity index (χ3n) is 4.20. The number of hydrogen-bond donors (Lipinski definition) is 0. The van der Waals surface area contributed by atoms with Crippen LogP contribution in [0, 0.1) is 0 Å². The molecule has 0 unspecified atom stereocenters. The molecule has 0 radical (unpaired) electrons. The lowest BCUT2D eigenvalue weighted by Crippen LogP contribution is -2.34. The van der Waals surface area contributed by atoms with Crippen LogP contribution >= 0.6 is 15.9 Å². The summed E-state index contributed by atoms with van der Waals surface area (Å²) in [5.41, 5.74) is 0.786. The zero-order valence-corrected chi connectivity index (χ0v) is 14.0. The summed E-state index contributed by atoms with van der Waals surface area (Å²) in [7, 11) is 0. The maximum Gasteiger partial charge on any atom is 0.242 e. The molecule has 116 valence electrons. The SMILES string of the molecule is O=C(Cn1ccc(=O)c2cc(Br)ccc21)N1CCCCCC1. The average molecular weight is 363 g/mol. The van der Waals surface area contributed by atoms with Gasteiger partial charge in [-0.1, -0.05) is 28.8 Å². The number of likely N-dealkylation sites (tertiary alicyclic amines) is 1. The van der Waals surface area contributed by atoms with E-state index in [4.69, 9.17) is 0 Å². The van der Waals surface area contributed by atoms with Crippen molar-refractivity contribution in [1.82, 2.24) is 9.47 Å². The third kappa shape index (κ3) is 3.24. The fraction of sp³-hybridized carbons (Fsp3) is 0.412. The Labute approximate surface area is 137 Å². The van der Waals surface area contributed by atoms with E-state index in [1.54, 1.807) is 6.20 Å². The molecule has 1 aliphatic heterocycles. The van der Waals surface area contributed by atoms with E-state index in [1.165, 1.54) is 18.9 Å². The monoisotopic (exact) mass is 362 g/mol. The molecule has 4 nitrogen and oxygen atoms in total. The molecule has 1 fully saturated rings. The summed E-state index contributed by atoms with van der Waals surface area (Å²) in [4.78, 5) is 26.5. The second-order valence-electron chi connectivity index (χ2n) is 5.76. The van der Waals surface area contributed by atoms with Crippen LogP contribution in [0.5, 0.6) is 0 Å². The van der Waals surface area contributed by atoms with Crippen LogP contribution in [0.2, 0.25) is 0 Å². The van der Waals surface area contributed by atoms with Crippen LogP contribution in [0.1, 0.15) is 25.7 Å². The highest BCUT2D eigenvalue weighted by Crippen LogP contribution is 2.17. The molecule has 0 aliphatic carbocycles. The van der Waals surface area contributed by atoms with E-state index < -0.39 is 0 Å². The molecule has 0 atom stereocenters. The summed E-state index contributed by atoms with van der Waals surface area (Å²) < 4.78 is 2.74. The van der Waals surface area contributed by atoms with Crippen molar-refractivity contribution in [2.75, 3.05) is 13.1 Å². The van der Waals surface area contributed by atoms with Crippen LogP contribution in [0.4, 0.5) is 0 Å². The molecule has 0 bridgehead atoms. The first-order valence-electron chi connectivity index (χ1n) is 7.71. The molecule has 1 aromatic heterocycles. The fourth-order valence-electron chi connectivity index (χ4n) is 2.99. The fourth-order valence-corrected chi connectivity index (χ4v) is 3.35. The van der Waals surface area contributed by atoms with Crippen LogP contribution in [0.15, 0.2) is 39.7 Å². The molecule has 22 heavy (non-hydrogen) atoms.